The van der Waals surface area contributed by atoms with Crippen LogP contribution < -0.4 is 4.74 Å². The zero-order valence-electron chi connectivity index (χ0n) is 11.3. The van der Waals surface area contributed by atoms with Gasteiger partial charge in [-0.25, -0.2) is 0 Å². The van der Waals surface area contributed by atoms with Gasteiger partial charge < -0.3 is 14.9 Å². The van der Waals surface area contributed by atoms with E-state index < -0.39 is 16.6 Å². The number of ether oxygens (including phenoxy) is 1. The Hall–Kier alpha value is -1.66. The fourth-order valence-electron chi connectivity index (χ4n) is 1.44. The van der Waals surface area contributed by atoms with Crippen LogP contribution in [0.3, 0.4) is 0 Å². The minimum absolute atomic E-state index is 0.0566. The largest absolute Gasteiger partial charge is 0.490 e. The molecule has 1 aromatic rings. The van der Waals surface area contributed by atoms with Gasteiger partial charge in [-0.2, -0.15) is 0 Å². The van der Waals surface area contributed by atoms with E-state index >= 15 is 0 Å². The summed E-state index contributed by atoms with van der Waals surface area (Å²) in [7, 11) is 0. The molecule has 2 N–H and O–H groups in total. The number of nitro groups is 1. The molecule has 0 radical (unpaired) electrons. The van der Waals surface area contributed by atoms with Crippen molar-refractivity contribution in [2.24, 2.45) is 0 Å². The van der Waals surface area contributed by atoms with Gasteiger partial charge in [0.1, 0.15) is 12.4 Å². The fraction of sp³-hybridized carbons (Fsp3) is 0.538. The van der Waals surface area contributed by atoms with E-state index in [9.17, 15) is 20.3 Å². The van der Waals surface area contributed by atoms with E-state index in [2.05, 4.69) is 0 Å². The minimum atomic E-state index is -0.974. The van der Waals surface area contributed by atoms with Crippen LogP contribution in [0, 0.1) is 10.1 Å². The van der Waals surface area contributed by atoms with Crippen LogP contribution in [0.4, 0.5) is 5.69 Å². The van der Waals surface area contributed by atoms with Crippen molar-refractivity contribution in [1.82, 2.24) is 0 Å². The van der Waals surface area contributed by atoms with Crippen molar-refractivity contribution in [1.29, 1.82) is 0 Å². The molecule has 0 bridgehead atoms. The molecule has 1 rings (SSSR count). The van der Waals surface area contributed by atoms with Crippen LogP contribution >= 0.6 is 0 Å². The van der Waals surface area contributed by atoms with Crippen LogP contribution in [0.1, 0.15) is 38.9 Å². The van der Waals surface area contributed by atoms with Gasteiger partial charge in [0.25, 0.3) is 5.69 Å². The van der Waals surface area contributed by atoms with E-state index in [4.69, 9.17) is 4.74 Å². The van der Waals surface area contributed by atoms with Gasteiger partial charge >= 0.3 is 0 Å². The lowest BCUT2D eigenvalue weighted by Crippen LogP contribution is -2.31. The maximum Gasteiger partial charge on any atom is 0.270 e. The third-order valence-electron chi connectivity index (χ3n) is 2.95. The molecule has 19 heavy (non-hydrogen) atoms. The highest BCUT2D eigenvalue weighted by atomic mass is 16.6. The summed E-state index contributed by atoms with van der Waals surface area (Å²) in [6.07, 6.45) is -0.370. The van der Waals surface area contributed by atoms with Crippen molar-refractivity contribution >= 4 is 5.69 Å². The number of rotatable bonds is 6. The Morgan fingerprint density at radius 3 is 2.63 bits per heavy atom. The molecule has 0 aliphatic carbocycles. The lowest BCUT2D eigenvalue weighted by Gasteiger charge is -2.22. The third kappa shape index (κ3) is 4.18. The van der Waals surface area contributed by atoms with Crippen molar-refractivity contribution in [3.05, 3.63) is 33.9 Å². The number of aliphatic hydroxyl groups excluding tert-OH is 1. The molecule has 6 heteroatoms. The van der Waals surface area contributed by atoms with Gasteiger partial charge in [-0.15, -0.1) is 0 Å². The Morgan fingerprint density at radius 2 is 2.16 bits per heavy atom. The first-order chi connectivity index (χ1) is 8.76. The highest BCUT2D eigenvalue weighted by molar-refractivity contribution is 5.44. The number of nitrogens with zero attached hydrogens (tertiary/aromatic N) is 1. The smallest absolute Gasteiger partial charge is 0.270 e. The second-order valence-corrected chi connectivity index (χ2v) is 4.79. The SMILES string of the molecule is CCC(C)(O)COc1ccc([N+](=O)[O-])cc1C(C)O. The van der Waals surface area contributed by atoms with Crippen molar-refractivity contribution in [3.63, 3.8) is 0 Å². The fourth-order valence-corrected chi connectivity index (χ4v) is 1.44. The van der Waals surface area contributed by atoms with Gasteiger partial charge in [0.05, 0.1) is 16.6 Å². The molecule has 0 amide bonds. The molecule has 0 saturated heterocycles. The maximum atomic E-state index is 10.7. The molecule has 1 aromatic carbocycles. The summed E-state index contributed by atoms with van der Waals surface area (Å²) in [6.45, 7) is 5.03. The second-order valence-electron chi connectivity index (χ2n) is 4.79. The Bertz CT molecular complexity index is 456. The Balaban J connectivity index is 2.97. The molecule has 0 aromatic heterocycles. The third-order valence-corrected chi connectivity index (χ3v) is 2.95. The van der Waals surface area contributed by atoms with Gasteiger partial charge in [0.2, 0.25) is 0 Å². The van der Waals surface area contributed by atoms with Crippen molar-refractivity contribution in [3.8, 4) is 5.75 Å². The molecular weight excluding hydrogens is 250 g/mol. The first-order valence-electron chi connectivity index (χ1n) is 6.08. The normalized spacial score (nSPS) is 15.6. The maximum absolute atomic E-state index is 10.7. The monoisotopic (exact) mass is 269 g/mol. The second kappa shape index (κ2) is 5.99. The Labute approximate surface area is 111 Å². The number of non-ortho nitro benzene ring substituents is 1. The predicted octanol–water partition coefficient (Wildman–Crippen LogP) is 2.19. The number of aliphatic hydroxyl groups is 2. The average Bonchev–Trinajstić information content (AvgIpc) is 2.36. The summed E-state index contributed by atoms with van der Waals surface area (Å²) in [6, 6.07) is 4.02. The molecule has 0 aliphatic heterocycles. The summed E-state index contributed by atoms with van der Waals surface area (Å²) in [5.41, 5.74) is -0.746. The average molecular weight is 269 g/mol. The van der Waals surface area contributed by atoms with E-state index in [-0.39, 0.29) is 12.3 Å². The zero-order chi connectivity index (χ0) is 14.6. The van der Waals surface area contributed by atoms with E-state index in [0.717, 1.165) is 0 Å². The lowest BCUT2D eigenvalue weighted by molar-refractivity contribution is -0.385. The molecule has 0 fully saturated rings. The van der Waals surface area contributed by atoms with Crippen LogP contribution in [-0.4, -0.2) is 27.3 Å². The summed E-state index contributed by atoms with van der Waals surface area (Å²) in [4.78, 5) is 10.2. The highest BCUT2D eigenvalue weighted by Gasteiger charge is 2.21. The molecule has 0 spiro atoms. The van der Waals surface area contributed by atoms with E-state index in [1.165, 1.54) is 25.1 Å². The van der Waals surface area contributed by atoms with Gasteiger partial charge in [0, 0.05) is 17.7 Å². The number of hydrogen-bond acceptors (Lipinski definition) is 5. The Kier molecular flexibility index (Phi) is 4.85. The Morgan fingerprint density at radius 1 is 1.53 bits per heavy atom. The highest BCUT2D eigenvalue weighted by Crippen LogP contribution is 2.30. The van der Waals surface area contributed by atoms with Gasteiger partial charge in [-0.1, -0.05) is 6.92 Å². The van der Waals surface area contributed by atoms with E-state index in [0.29, 0.717) is 17.7 Å². The summed E-state index contributed by atoms with van der Waals surface area (Å²) < 4.78 is 5.46. The van der Waals surface area contributed by atoms with E-state index in [1.807, 2.05) is 6.92 Å². The summed E-state index contributed by atoms with van der Waals surface area (Å²) >= 11 is 0. The van der Waals surface area contributed by atoms with Crippen LogP contribution in [0.15, 0.2) is 18.2 Å². The topological polar surface area (TPSA) is 92.8 Å². The first-order valence-corrected chi connectivity index (χ1v) is 6.08. The quantitative estimate of drug-likeness (QED) is 0.610. The van der Waals surface area contributed by atoms with Crippen LogP contribution in [0.25, 0.3) is 0 Å². The molecule has 106 valence electrons. The van der Waals surface area contributed by atoms with Gasteiger partial charge in [0.15, 0.2) is 0 Å². The number of nitro benzene ring substituents is 1. The van der Waals surface area contributed by atoms with Gasteiger partial charge in [-0.05, 0) is 26.3 Å². The molecule has 6 nitrogen and oxygen atoms in total. The predicted molar refractivity (Wildman–Crippen MR) is 70.1 cm³/mol. The van der Waals surface area contributed by atoms with Gasteiger partial charge in [-0.3, -0.25) is 10.1 Å². The van der Waals surface area contributed by atoms with Crippen LogP contribution in [-0.2, 0) is 0 Å². The van der Waals surface area contributed by atoms with Crippen LogP contribution in [0.2, 0.25) is 0 Å². The number of benzene rings is 1. The standard InChI is InChI=1S/C13H19NO5/c1-4-13(3,16)8-19-12-6-5-10(14(17)18)7-11(12)9(2)15/h5-7,9,15-16H,4,8H2,1-3H3. The lowest BCUT2D eigenvalue weighted by atomic mass is 10.1. The first kappa shape index (κ1) is 15.4. The van der Waals surface area contributed by atoms with Crippen molar-refractivity contribution in [2.75, 3.05) is 6.61 Å². The molecule has 0 heterocycles. The summed E-state index contributed by atoms with van der Waals surface area (Å²) in [5, 5.41) is 30.2. The molecule has 0 aliphatic rings. The van der Waals surface area contributed by atoms with Crippen molar-refractivity contribution < 1.29 is 19.9 Å². The van der Waals surface area contributed by atoms with Crippen LogP contribution in [0.5, 0.6) is 5.75 Å². The summed E-state index contributed by atoms with van der Waals surface area (Å²) in [5.74, 6) is 0.342. The van der Waals surface area contributed by atoms with Crippen molar-refractivity contribution in [2.45, 2.75) is 38.9 Å². The minimum Gasteiger partial charge on any atom is -0.490 e. The molecule has 0 saturated carbocycles. The molecular formula is C13H19NO5. The zero-order valence-corrected chi connectivity index (χ0v) is 11.3. The molecule has 2 atom stereocenters. The molecule has 2 unspecified atom stereocenters. The van der Waals surface area contributed by atoms with E-state index in [1.54, 1.807) is 6.92 Å². The number of hydrogen-bond donors (Lipinski definition) is 2.